The first-order valence-electron chi connectivity index (χ1n) is 7.59. The van der Waals surface area contributed by atoms with Crippen LogP contribution in [0, 0.1) is 0 Å². The van der Waals surface area contributed by atoms with Crippen LogP contribution in [0.1, 0.15) is 24.7 Å². The molecule has 0 atom stereocenters. The lowest BCUT2D eigenvalue weighted by molar-refractivity contribution is -0.130. The van der Waals surface area contributed by atoms with Gasteiger partial charge in [-0.25, -0.2) is 9.79 Å². The lowest BCUT2D eigenvalue weighted by Gasteiger charge is -2.12. The van der Waals surface area contributed by atoms with Crippen LogP contribution in [-0.2, 0) is 9.53 Å². The minimum Gasteiger partial charge on any atom is -0.493 e. The molecule has 1 aliphatic rings. The minimum atomic E-state index is -0.536. The van der Waals surface area contributed by atoms with Crippen LogP contribution < -0.4 is 9.47 Å². The maximum absolute atomic E-state index is 12.0. The summed E-state index contributed by atoms with van der Waals surface area (Å²) in [5.74, 6) is 1.18. The molecular formula is C18H17NO5. The molecule has 2 aromatic rings. The number of methoxy groups -OCH3 is 1. The second-order valence-electron chi connectivity index (χ2n) is 5.04. The molecule has 0 spiro atoms. The Hall–Kier alpha value is -3.02. The van der Waals surface area contributed by atoms with Crippen molar-refractivity contribution < 1.29 is 23.4 Å². The number of carbonyl (C=O) groups is 1. The largest absolute Gasteiger partial charge is 0.493 e. The monoisotopic (exact) mass is 327 g/mol. The van der Waals surface area contributed by atoms with Crippen LogP contribution in [-0.4, -0.2) is 25.6 Å². The van der Waals surface area contributed by atoms with E-state index < -0.39 is 5.97 Å². The van der Waals surface area contributed by atoms with Gasteiger partial charge >= 0.3 is 5.97 Å². The fourth-order valence-corrected chi connectivity index (χ4v) is 2.23. The maximum Gasteiger partial charge on any atom is 0.363 e. The van der Waals surface area contributed by atoms with E-state index in [0.29, 0.717) is 29.4 Å². The van der Waals surface area contributed by atoms with E-state index in [4.69, 9.17) is 18.6 Å². The number of cyclic esters (lactones) is 1. The zero-order valence-electron chi connectivity index (χ0n) is 13.4. The van der Waals surface area contributed by atoms with E-state index in [0.717, 1.165) is 6.42 Å². The lowest BCUT2D eigenvalue weighted by Crippen LogP contribution is -2.04. The number of benzene rings is 1. The Labute approximate surface area is 139 Å². The third-order valence-electron chi connectivity index (χ3n) is 3.32. The summed E-state index contributed by atoms with van der Waals surface area (Å²) < 4.78 is 21.4. The molecule has 0 radical (unpaired) electrons. The number of carbonyl (C=O) groups excluding carboxylic acids is 1. The average Bonchev–Trinajstić information content (AvgIpc) is 3.24. The molecule has 0 aliphatic carbocycles. The van der Waals surface area contributed by atoms with Gasteiger partial charge in [0.25, 0.3) is 5.90 Å². The van der Waals surface area contributed by atoms with Gasteiger partial charge in [-0.15, -0.1) is 0 Å². The number of para-hydroxylation sites is 1. The molecule has 1 aromatic carbocycles. The predicted molar refractivity (Wildman–Crippen MR) is 88.1 cm³/mol. The summed E-state index contributed by atoms with van der Waals surface area (Å²) in [6.45, 7) is 2.56. The molecule has 1 aromatic heterocycles. The van der Waals surface area contributed by atoms with Crippen molar-refractivity contribution in [3.63, 3.8) is 0 Å². The molecule has 0 saturated carbocycles. The number of rotatable bonds is 6. The van der Waals surface area contributed by atoms with Crippen molar-refractivity contribution in [2.75, 3.05) is 13.7 Å². The SMILES string of the molecule is CCCOc1c(C=C2N=C(c3ccco3)OC2=O)cccc1OC. The highest BCUT2D eigenvalue weighted by Crippen LogP contribution is 2.33. The quantitative estimate of drug-likeness (QED) is 0.600. The normalized spacial score (nSPS) is 15.3. The van der Waals surface area contributed by atoms with E-state index in [-0.39, 0.29) is 11.6 Å². The van der Waals surface area contributed by atoms with Crippen LogP contribution >= 0.6 is 0 Å². The summed E-state index contributed by atoms with van der Waals surface area (Å²) in [5, 5.41) is 0. The van der Waals surface area contributed by atoms with Crippen molar-refractivity contribution in [1.82, 2.24) is 0 Å². The Kier molecular flexibility index (Phi) is 4.65. The van der Waals surface area contributed by atoms with E-state index in [2.05, 4.69) is 4.99 Å². The molecule has 124 valence electrons. The molecule has 6 heteroatoms. The van der Waals surface area contributed by atoms with Gasteiger partial charge in [0.15, 0.2) is 23.0 Å². The molecule has 0 fully saturated rings. The highest BCUT2D eigenvalue weighted by Gasteiger charge is 2.26. The molecule has 0 N–H and O–H groups in total. The zero-order chi connectivity index (χ0) is 16.9. The van der Waals surface area contributed by atoms with Crippen molar-refractivity contribution in [1.29, 1.82) is 0 Å². The van der Waals surface area contributed by atoms with E-state index in [1.54, 1.807) is 31.4 Å². The standard InChI is InChI=1S/C18H17NO5/c1-3-9-23-16-12(6-4-7-14(16)21-2)11-13-18(20)24-17(19-13)15-8-5-10-22-15/h4-8,10-11H,3,9H2,1-2H3. The van der Waals surface area contributed by atoms with E-state index >= 15 is 0 Å². The van der Waals surface area contributed by atoms with Crippen molar-refractivity contribution in [3.05, 3.63) is 53.6 Å². The Bertz CT molecular complexity index is 790. The topological polar surface area (TPSA) is 70.3 Å². The number of furan rings is 1. The Morgan fingerprint density at radius 2 is 2.12 bits per heavy atom. The molecule has 0 bridgehead atoms. The van der Waals surface area contributed by atoms with Gasteiger partial charge in [0.2, 0.25) is 0 Å². The Balaban J connectivity index is 1.97. The van der Waals surface area contributed by atoms with Crippen LogP contribution in [0.2, 0.25) is 0 Å². The Morgan fingerprint density at radius 3 is 2.83 bits per heavy atom. The van der Waals surface area contributed by atoms with Crippen molar-refractivity contribution in [2.24, 2.45) is 4.99 Å². The summed E-state index contributed by atoms with van der Waals surface area (Å²) in [6.07, 6.45) is 3.97. The molecule has 0 amide bonds. The van der Waals surface area contributed by atoms with Crippen molar-refractivity contribution in [3.8, 4) is 11.5 Å². The second-order valence-corrected chi connectivity index (χ2v) is 5.04. The minimum absolute atomic E-state index is 0.148. The molecule has 3 rings (SSSR count). The first-order chi connectivity index (χ1) is 11.7. The number of esters is 1. The van der Waals surface area contributed by atoms with Gasteiger partial charge in [0.1, 0.15) is 0 Å². The van der Waals surface area contributed by atoms with E-state index in [1.165, 1.54) is 6.26 Å². The average molecular weight is 327 g/mol. The first-order valence-corrected chi connectivity index (χ1v) is 7.59. The number of aliphatic imine (C=N–C) groups is 1. The third kappa shape index (κ3) is 3.17. The summed E-state index contributed by atoms with van der Waals surface area (Å²) in [5.41, 5.74) is 0.871. The number of hydrogen-bond donors (Lipinski definition) is 0. The summed E-state index contributed by atoms with van der Waals surface area (Å²) in [6, 6.07) is 8.83. The fourth-order valence-electron chi connectivity index (χ4n) is 2.23. The lowest BCUT2D eigenvalue weighted by atomic mass is 10.1. The van der Waals surface area contributed by atoms with E-state index in [9.17, 15) is 4.79 Å². The number of ether oxygens (including phenoxy) is 3. The van der Waals surface area contributed by atoms with Gasteiger partial charge in [-0.05, 0) is 30.7 Å². The fraction of sp³-hybridized carbons (Fsp3) is 0.222. The number of nitrogens with zero attached hydrogens (tertiary/aromatic N) is 1. The zero-order valence-corrected chi connectivity index (χ0v) is 13.4. The van der Waals surface area contributed by atoms with Gasteiger partial charge in [-0.3, -0.25) is 0 Å². The molecule has 0 unspecified atom stereocenters. The second kappa shape index (κ2) is 7.04. The first kappa shape index (κ1) is 15.9. The maximum atomic E-state index is 12.0. The highest BCUT2D eigenvalue weighted by atomic mass is 16.6. The van der Waals surface area contributed by atoms with Gasteiger partial charge in [0.05, 0.1) is 20.0 Å². The number of hydrogen-bond acceptors (Lipinski definition) is 6. The van der Waals surface area contributed by atoms with Crippen molar-refractivity contribution in [2.45, 2.75) is 13.3 Å². The van der Waals surface area contributed by atoms with Crippen LogP contribution in [0.3, 0.4) is 0 Å². The van der Waals surface area contributed by atoms with Crippen molar-refractivity contribution >= 4 is 17.9 Å². The summed E-state index contributed by atoms with van der Waals surface area (Å²) in [7, 11) is 1.57. The molecule has 6 nitrogen and oxygen atoms in total. The van der Waals surface area contributed by atoms with Gasteiger partial charge in [0, 0.05) is 5.56 Å². The van der Waals surface area contributed by atoms with Crippen LogP contribution in [0.4, 0.5) is 0 Å². The van der Waals surface area contributed by atoms with E-state index in [1.807, 2.05) is 19.1 Å². The highest BCUT2D eigenvalue weighted by molar-refractivity contribution is 6.12. The molecule has 24 heavy (non-hydrogen) atoms. The van der Waals surface area contributed by atoms with Crippen LogP contribution in [0.15, 0.2) is 51.7 Å². The van der Waals surface area contributed by atoms with Crippen LogP contribution in [0.25, 0.3) is 6.08 Å². The Morgan fingerprint density at radius 1 is 1.25 bits per heavy atom. The van der Waals surface area contributed by atoms with Gasteiger partial charge in [-0.2, -0.15) is 0 Å². The molecular weight excluding hydrogens is 310 g/mol. The smallest absolute Gasteiger partial charge is 0.363 e. The molecule has 2 heterocycles. The summed E-state index contributed by atoms with van der Waals surface area (Å²) in [4.78, 5) is 16.2. The van der Waals surface area contributed by atoms with Gasteiger partial charge in [-0.1, -0.05) is 19.1 Å². The molecule has 0 saturated heterocycles. The third-order valence-corrected chi connectivity index (χ3v) is 3.32. The summed E-state index contributed by atoms with van der Waals surface area (Å²) >= 11 is 0. The van der Waals surface area contributed by atoms with Gasteiger partial charge < -0.3 is 18.6 Å². The predicted octanol–water partition coefficient (Wildman–Crippen LogP) is 3.42. The molecule has 1 aliphatic heterocycles. The van der Waals surface area contributed by atoms with Crippen LogP contribution in [0.5, 0.6) is 11.5 Å².